The Morgan fingerprint density at radius 3 is 2.25 bits per heavy atom. The fourth-order valence-corrected chi connectivity index (χ4v) is 6.76. The van der Waals surface area contributed by atoms with Crippen LogP contribution >= 0.6 is 11.6 Å². The second-order valence-corrected chi connectivity index (χ2v) is 12.2. The molecule has 5 rings (SSSR count). The first kappa shape index (κ1) is 30.7. The molecule has 1 N–H and O–H groups in total. The molecule has 228 valence electrons. The standard InChI is InChI=1S/C32H29ClN2O8S/c1-20(2)42-27-13-9-8-12-24(27)32(43-31(37)34-22-10-6-5-7-11-22)25-18-21(33)14-16-26(25)35(30(32)36)44(38,39)29-17-15-23(40-3)19-28(29)41-4/h5-20H,1-4H3,(H,34,37). The van der Waals surface area contributed by atoms with E-state index in [9.17, 15) is 18.0 Å². The third-order valence-corrected chi connectivity index (χ3v) is 8.80. The maximum Gasteiger partial charge on any atom is 0.413 e. The number of nitrogens with zero attached hydrogens (tertiary/aromatic N) is 1. The van der Waals surface area contributed by atoms with Gasteiger partial charge in [-0.2, -0.15) is 4.31 Å². The van der Waals surface area contributed by atoms with E-state index in [-0.39, 0.29) is 44.3 Å². The Morgan fingerprint density at radius 2 is 1.57 bits per heavy atom. The molecule has 0 bridgehead atoms. The highest BCUT2D eigenvalue weighted by Crippen LogP contribution is 2.52. The number of nitrogens with one attached hydrogen (secondary N) is 1. The van der Waals surface area contributed by atoms with Crippen molar-refractivity contribution in [2.45, 2.75) is 30.4 Å². The molecule has 12 heteroatoms. The molecule has 2 amide bonds. The Labute approximate surface area is 260 Å². The van der Waals surface area contributed by atoms with Crippen LogP contribution in [-0.4, -0.2) is 40.7 Å². The minimum atomic E-state index is -4.68. The van der Waals surface area contributed by atoms with Gasteiger partial charge in [-0.1, -0.05) is 48.0 Å². The Kier molecular flexibility index (Phi) is 8.44. The van der Waals surface area contributed by atoms with Crippen molar-refractivity contribution in [2.75, 3.05) is 23.8 Å². The average molecular weight is 637 g/mol. The molecule has 0 saturated heterocycles. The molecule has 1 aliphatic heterocycles. The summed E-state index contributed by atoms with van der Waals surface area (Å²) in [5, 5.41) is 2.79. The van der Waals surface area contributed by atoms with Crippen LogP contribution in [-0.2, 0) is 25.2 Å². The number of para-hydroxylation sites is 2. The van der Waals surface area contributed by atoms with Gasteiger partial charge >= 0.3 is 6.09 Å². The molecule has 44 heavy (non-hydrogen) atoms. The number of anilines is 2. The second-order valence-electron chi connectivity index (χ2n) is 9.98. The number of amides is 2. The van der Waals surface area contributed by atoms with E-state index < -0.39 is 27.6 Å². The summed E-state index contributed by atoms with van der Waals surface area (Å²) in [6.45, 7) is 3.58. The molecule has 0 radical (unpaired) electrons. The van der Waals surface area contributed by atoms with Crippen molar-refractivity contribution in [3.8, 4) is 17.2 Å². The molecule has 1 unspecified atom stereocenters. The number of carbonyl (C=O) groups excluding carboxylic acids is 2. The van der Waals surface area contributed by atoms with Crippen LogP contribution in [0.2, 0.25) is 5.02 Å². The summed E-state index contributed by atoms with van der Waals surface area (Å²) in [6.07, 6.45) is -1.36. The van der Waals surface area contributed by atoms with Crippen molar-refractivity contribution < 1.29 is 37.0 Å². The maximum atomic E-state index is 14.8. The fraction of sp³-hybridized carbons (Fsp3) is 0.188. The Bertz CT molecular complexity index is 1830. The van der Waals surface area contributed by atoms with Crippen LogP contribution in [0.15, 0.2) is 95.9 Å². The van der Waals surface area contributed by atoms with E-state index in [4.69, 9.17) is 30.5 Å². The van der Waals surface area contributed by atoms with Crippen LogP contribution in [0.1, 0.15) is 25.0 Å². The van der Waals surface area contributed by atoms with Gasteiger partial charge < -0.3 is 18.9 Å². The number of ether oxygens (including phenoxy) is 4. The fourth-order valence-electron chi connectivity index (χ4n) is 4.99. The van der Waals surface area contributed by atoms with Crippen molar-refractivity contribution >= 4 is 45.0 Å². The minimum Gasteiger partial charge on any atom is -0.497 e. The van der Waals surface area contributed by atoms with Crippen molar-refractivity contribution in [3.63, 3.8) is 0 Å². The SMILES string of the molecule is COc1ccc(S(=O)(=O)N2C(=O)C(OC(=O)Nc3ccccc3)(c3ccccc3OC(C)C)c3cc(Cl)ccc32)c(OC)c1. The molecular weight excluding hydrogens is 608 g/mol. The highest BCUT2D eigenvalue weighted by Gasteiger charge is 2.60. The zero-order valence-corrected chi connectivity index (χ0v) is 25.8. The van der Waals surface area contributed by atoms with Gasteiger partial charge in [0.25, 0.3) is 15.9 Å². The zero-order valence-electron chi connectivity index (χ0n) is 24.2. The van der Waals surface area contributed by atoms with Crippen LogP contribution in [0.5, 0.6) is 17.2 Å². The van der Waals surface area contributed by atoms with Gasteiger partial charge in [0.2, 0.25) is 5.60 Å². The summed E-state index contributed by atoms with van der Waals surface area (Å²) < 4.78 is 52.1. The van der Waals surface area contributed by atoms with Gasteiger partial charge in [-0.05, 0) is 62.4 Å². The second kappa shape index (κ2) is 12.1. The van der Waals surface area contributed by atoms with Crippen LogP contribution in [0.25, 0.3) is 0 Å². The van der Waals surface area contributed by atoms with E-state index in [1.165, 1.54) is 50.6 Å². The van der Waals surface area contributed by atoms with E-state index >= 15 is 0 Å². The third kappa shape index (κ3) is 5.40. The van der Waals surface area contributed by atoms with Crippen molar-refractivity contribution in [1.82, 2.24) is 0 Å². The van der Waals surface area contributed by atoms with Gasteiger partial charge in [-0.25, -0.2) is 13.2 Å². The molecule has 4 aromatic carbocycles. The average Bonchev–Trinajstić information content (AvgIpc) is 3.24. The van der Waals surface area contributed by atoms with Gasteiger partial charge in [0.1, 0.15) is 22.1 Å². The van der Waals surface area contributed by atoms with E-state index in [2.05, 4.69) is 5.32 Å². The number of benzene rings is 4. The largest absolute Gasteiger partial charge is 0.497 e. The van der Waals surface area contributed by atoms with Crippen molar-refractivity contribution in [3.05, 3.63) is 107 Å². The summed E-state index contributed by atoms with van der Waals surface area (Å²) in [5.74, 6) is -0.599. The molecule has 0 saturated carbocycles. The highest BCUT2D eigenvalue weighted by atomic mass is 35.5. The molecule has 0 aromatic heterocycles. The summed E-state index contributed by atoms with van der Waals surface area (Å²) >= 11 is 6.44. The van der Waals surface area contributed by atoms with Gasteiger partial charge in [-0.15, -0.1) is 0 Å². The normalized spacial score (nSPS) is 16.0. The topological polar surface area (TPSA) is 120 Å². The summed E-state index contributed by atoms with van der Waals surface area (Å²) in [4.78, 5) is 28.1. The van der Waals surface area contributed by atoms with Gasteiger partial charge in [0, 0.05) is 22.3 Å². The van der Waals surface area contributed by atoms with E-state index in [0.29, 0.717) is 15.7 Å². The number of fused-ring (bicyclic) bond motifs is 1. The summed E-state index contributed by atoms with van der Waals surface area (Å²) in [7, 11) is -1.96. The first-order chi connectivity index (χ1) is 21.0. The first-order valence-electron chi connectivity index (χ1n) is 13.5. The van der Waals surface area contributed by atoms with Crippen molar-refractivity contribution in [2.24, 2.45) is 0 Å². The number of hydrogen-bond donors (Lipinski definition) is 1. The van der Waals surface area contributed by atoms with E-state index in [1.807, 2.05) is 0 Å². The number of methoxy groups -OCH3 is 2. The monoisotopic (exact) mass is 636 g/mol. The highest BCUT2D eigenvalue weighted by molar-refractivity contribution is 7.93. The lowest BCUT2D eigenvalue weighted by molar-refractivity contribution is -0.131. The molecule has 0 aliphatic carbocycles. The quantitative estimate of drug-likeness (QED) is 0.225. The number of carbonyl (C=O) groups is 2. The molecule has 1 atom stereocenters. The Morgan fingerprint density at radius 1 is 0.864 bits per heavy atom. The Hall–Kier alpha value is -4.74. The smallest absolute Gasteiger partial charge is 0.413 e. The predicted octanol–water partition coefficient (Wildman–Crippen LogP) is 6.37. The lowest BCUT2D eigenvalue weighted by atomic mass is 9.86. The van der Waals surface area contributed by atoms with E-state index in [1.54, 1.807) is 68.4 Å². The third-order valence-electron chi connectivity index (χ3n) is 6.83. The summed E-state index contributed by atoms with van der Waals surface area (Å²) in [6, 6.07) is 23.3. The number of rotatable bonds is 9. The van der Waals surface area contributed by atoms with Crippen LogP contribution < -0.4 is 23.8 Å². The summed E-state index contributed by atoms with van der Waals surface area (Å²) in [5.41, 5.74) is -1.89. The molecule has 10 nitrogen and oxygen atoms in total. The van der Waals surface area contributed by atoms with Gasteiger partial charge in [0.05, 0.1) is 31.6 Å². The zero-order chi connectivity index (χ0) is 31.6. The van der Waals surface area contributed by atoms with Crippen LogP contribution in [0, 0.1) is 0 Å². The van der Waals surface area contributed by atoms with Gasteiger partial charge in [-0.3, -0.25) is 10.1 Å². The predicted molar refractivity (Wildman–Crippen MR) is 165 cm³/mol. The van der Waals surface area contributed by atoms with Crippen LogP contribution in [0.3, 0.4) is 0 Å². The number of halogens is 1. The molecule has 1 aliphatic rings. The van der Waals surface area contributed by atoms with E-state index in [0.717, 1.165) is 0 Å². The number of sulfonamides is 1. The molecule has 0 spiro atoms. The minimum absolute atomic E-state index is 0.0223. The molecular formula is C32H29ClN2O8S. The van der Waals surface area contributed by atoms with Gasteiger partial charge in [0.15, 0.2) is 0 Å². The van der Waals surface area contributed by atoms with Crippen LogP contribution in [0.4, 0.5) is 16.2 Å². The molecule has 0 fully saturated rings. The van der Waals surface area contributed by atoms with Crippen molar-refractivity contribution in [1.29, 1.82) is 0 Å². The first-order valence-corrected chi connectivity index (χ1v) is 15.3. The lowest BCUT2D eigenvalue weighted by Crippen LogP contribution is -2.47. The molecule has 4 aromatic rings. The lowest BCUT2D eigenvalue weighted by Gasteiger charge is -2.31. The maximum absolute atomic E-state index is 14.8. The number of hydrogen-bond acceptors (Lipinski definition) is 8. The Balaban J connectivity index is 1.76. The molecule has 1 heterocycles.